The van der Waals surface area contributed by atoms with Gasteiger partial charge >= 0.3 is 6.18 Å². The van der Waals surface area contributed by atoms with Crippen LogP contribution in [-0.2, 0) is 27.2 Å². The lowest BCUT2D eigenvalue weighted by Crippen LogP contribution is -2.39. The van der Waals surface area contributed by atoms with Crippen LogP contribution >= 0.6 is 23.4 Å². The summed E-state index contributed by atoms with van der Waals surface area (Å²) in [5.41, 5.74) is -0.449. The number of amidine groups is 1. The van der Waals surface area contributed by atoms with Crippen molar-refractivity contribution >= 4 is 50.0 Å². The van der Waals surface area contributed by atoms with E-state index >= 15 is 0 Å². The molecule has 0 N–H and O–H groups in total. The van der Waals surface area contributed by atoms with E-state index < -0.39 is 38.8 Å². The van der Waals surface area contributed by atoms with Gasteiger partial charge in [0.05, 0.1) is 35.2 Å². The summed E-state index contributed by atoms with van der Waals surface area (Å²) in [6.07, 6.45) is -4.70. The first kappa shape index (κ1) is 22.2. The maximum Gasteiger partial charge on any atom is 0.418 e. The Labute approximate surface area is 186 Å². The molecule has 0 unspecified atom stereocenters. The number of hydrogen-bond acceptors (Lipinski definition) is 4. The second-order valence-corrected chi connectivity index (χ2v) is 11.1. The lowest BCUT2D eigenvalue weighted by atomic mass is 10.1. The van der Waals surface area contributed by atoms with Crippen LogP contribution in [0.2, 0.25) is 5.02 Å². The molecular weight excluding hydrogens is 473 g/mol. The molecule has 0 spiro atoms. The fourth-order valence-corrected chi connectivity index (χ4v) is 7.74. The summed E-state index contributed by atoms with van der Waals surface area (Å²) in [5.74, 6) is -0.999. The molecular formula is C20H16ClF3N2O3S2. The number of rotatable bonds is 3. The molecule has 2 saturated heterocycles. The highest BCUT2D eigenvalue weighted by molar-refractivity contribution is 8.16. The predicted octanol–water partition coefficient (Wildman–Crippen LogP) is 4.20. The number of fused-ring (bicyclic) bond motifs is 1. The largest absolute Gasteiger partial charge is 0.418 e. The highest BCUT2D eigenvalue weighted by Crippen LogP contribution is 2.45. The van der Waals surface area contributed by atoms with Gasteiger partial charge in [0.1, 0.15) is 0 Å². The van der Waals surface area contributed by atoms with Gasteiger partial charge in [-0.25, -0.2) is 8.42 Å². The number of anilines is 1. The average Bonchev–Trinajstić information content (AvgIpc) is 3.13. The smallest absolute Gasteiger partial charge is 0.315 e. The quantitative estimate of drug-likeness (QED) is 0.647. The molecule has 2 aliphatic rings. The van der Waals surface area contributed by atoms with Gasteiger partial charge in [0.25, 0.3) is 5.91 Å². The Hall–Kier alpha value is -2.04. The molecule has 2 atom stereocenters. The Kier molecular flexibility index (Phi) is 5.82. The lowest BCUT2D eigenvalue weighted by Gasteiger charge is -2.27. The zero-order chi connectivity index (χ0) is 22.4. The summed E-state index contributed by atoms with van der Waals surface area (Å²) in [4.78, 5) is 17.9. The van der Waals surface area contributed by atoms with E-state index in [-0.39, 0.29) is 28.8 Å². The monoisotopic (exact) mass is 488 g/mol. The Bertz CT molecular complexity index is 1150. The summed E-state index contributed by atoms with van der Waals surface area (Å²) in [5, 5.41) is 0.103. The van der Waals surface area contributed by atoms with E-state index in [0.29, 0.717) is 10.6 Å². The number of thioether (sulfide) groups is 1. The summed E-state index contributed by atoms with van der Waals surface area (Å²) < 4.78 is 65.2. The van der Waals surface area contributed by atoms with Crippen LogP contribution in [0.25, 0.3) is 0 Å². The Morgan fingerprint density at radius 2 is 1.81 bits per heavy atom. The number of hydrogen-bond donors (Lipinski definition) is 0. The fourth-order valence-electron chi connectivity index (χ4n) is 3.69. The van der Waals surface area contributed by atoms with E-state index in [1.165, 1.54) is 23.1 Å². The van der Waals surface area contributed by atoms with Crippen molar-refractivity contribution in [1.29, 1.82) is 0 Å². The molecule has 31 heavy (non-hydrogen) atoms. The van der Waals surface area contributed by atoms with Gasteiger partial charge < -0.3 is 4.90 Å². The standard InChI is InChI=1S/C20H16ClF3N2O3S2/c21-13-7-5-12(6-8-13)9-18(27)25-19-26(16-10-31(28,29)11-17(16)30-19)15-4-2-1-3-14(15)20(22,23)24/h1-8,16-17H,9-11H2/t16-,17-/m0/s1. The van der Waals surface area contributed by atoms with Gasteiger partial charge in [0.15, 0.2) is 15.0 Å². The summed E-state index contributed by atoms with van der Waals surface area (Å²) >= 11 is 6.87. The van der Waals surface area contributed by atoms with Crippen molar-refractivity contribution < 1.29 is 26.4 Å². The Morgan fingerprint density at radius 1 is 1.13 bits per heavy atom. The van der Waals surface area contributed by atoms with E-state index in [2.05, 4.69) is 4.99 Å². The number of nitrogens with zero attached hydrogens (tertiary/aromatic N) is 2. The number of carbonyl (C=O) groups excluding carboxylic acids is 1. The van der Waals surface area contributed by atoms with Gasteiger partial charge in [-0.2, -0.15) is 18.2 Å². The first-order chi connectivity index (χ1) is 14.5. The van der Waals surface area contributed by atoms with Crippen molar-refractivity contribution in [3.8, 4) is 0 Å². The third-order valence-electron chi connectivity index (χ3n) is 5.02. The fraction of sp³-hybridized carbons (Fsp3) is 0.300. The van der Waals surface area contributed by atoms with E-state index in [4.69, 9.17) is 11.6 Å². The molecule has 0 saturated carbocycles. The van der Waals surface area contributed by atoms with Gasteiger partial charge in [-0.1, -0.05) is 47.6 Å². The number of amides is 1. The number of aliphatic imine (C=N–C) groups is 1. The number of alkyl halides is 3. The zero-order valence-corrected chi connectivity index (χ0v) is 18.2. The maximum atomic E-state index is 13.6. The van der Waals surface area contributed by atoms with Crippen molar-refractivity contribution in [2.75, 3.05) is 16.4 Å². The van der Waals surface area contributed by atoms with E-state index in [0.717, 1.165) is 17.8 Å². The highest BCUT2D eigenvalue weighted by Gasteiger charge is 2.51. The minimum absolute atomic E-state index is 0.0520. The number of benzene rings is 2. The third kappa shape index (κ3) is 4.75. The third-order valence-corrected chi connectivity index (χ3v) is 8.49. The van der Waals surface area contributed by atoms with E-state index in [1.54, 1.807) is 24.3 Å². The molecule has 0 radical (unpaired) electrons. The normalized spacial score (nSPS) is 23.9. The number of para-hydroxylation sites is 1. The molecule has 0 bridgehead atoms. The van der Waals surface area contributed by atoms with Crippen molar-refractivity contribution in [3.63, 3.8) is 0 Å². The van der Waals surface area contributed by atoms with Crippen molar-refractivity contribution in [3.05, 3.63) is 64.7 Å². The molecule has 0 aromatic heterocycles. The van der Waals surface area contributed by atoms with Gasteiger partial charge in [-0.3, -0.25) is 4.79 Å². The number of halogens is 4. The van der Waals surface area contributed by atoms with Crippen LogP contribution in [0.5, 0.6) is 0 Å². The molecule has 1 amide bonds. The van der Waals surface area contributed by atoms with Gasteiger partial charge in [-0.15, -0.1) is 0 Å². The van der Waals surface area contributed by atoms with Crippen LogP contribution in [0.3, 0.4) is 0 Å². The summed E-state index contributed by atoms with van der Waals surface area (Å²) in [6, 6.07) is 10.8. The Balaban J connectivity index is 1.71. The molecule has 2 aromatic carbocycles. The molecule has 4 rings (SSSR count). The number of carbonyl (C=O) groups is 1. The van der Waals surface area contributed by atoms with Gasteiger partial charge in [-0.05, 0) is 29.8 Å². The molecule has 0 aliphatic carbocycles. The Morgan fingerprint density at radius 3 is 2.48 bits per heavy atom. The summed E-state index contributed by atoms with van der Waals surface area (Å²) in [7, 11) is -3.40. The second kappa shape index (κ2) is 8.14. The van der Waals surface area contributed by atoms with E-state index in [1.807, 2.05) is 0 Å². The molecule has 2 heterocycles. The lowest BCUT2D eigenvalue weighted by molar-refractivity contribution is -0.137. The van der Waals surface area contributed by atoms with E-state index in [9.17, 15) is 26.4 Å². The van der Waals surface area contributed by atoms with Crippen LogP contribution in [0.15, 0.2) is 53.5 Å². The topological polar surface area (TPSA) is 66.8 Å². The van der Waals surface area contributed by atoms with Crippen LogP contribution in [-0.4, -0.2) is 42.3 Å². The first-order valence-corrected chi connectivity index (χ1v) is 12.3. The van der Waals surface area contributed by atoms with Crippen LogP contribution in [0.4, 0.5) is 18.9 Å². The predicted molar refractivity (Wildman–Crippen MR) is 115 cm³/mol. The minimum Gasteiger partial charge on any atom is -0.315 e. The highest BCUT2D eigenvalue weighted by atomic mass is 35.5. The minimum atomic E-state index is -4.64. The number of sulfone groups is 1. The SMILES string of the molecule is O=C(Cc1ccc(Cl)cc1)N=C1S[C@H]2CS(=O)(=O)C[C@@H]2N1c1ccccc1C(F)(F)F. The van der Waals surface area contributed by atoms with Gasteiger partial charge in [0, 0.05) is 10.3 Å². The van der Waals surface area contributed by atoms with Crippen LogP contribution in [0.1, 0.15) is 11.1 Å². The van der Waals surface area contributed by atoms with Crippen molar-refractivity contribution in [1.82, 2.24) is 0 Å². The van der Waals surface area contributed by atoms with Crippen LogP contribution < -0.4 is 4.90 Å². The molecule has 2 aromatic rings. The molecule has 5 nitrogen and oxygen atoms in total. The first-order valence-electron chi connectivity index (χ1n) is 9.22. The second-order valence-electron chi connectivity index (χ2n) is 7.28. The molecule has 2 fully saturated rings. The van der Waals surface area contributed by atoms with Gasteiger partial charge in [0.2, 0.25) is 0 Å². The molecule has 2 aliphatic heterocycles. The maximum absolute atomic E-state index is 13.6. The average molecular weight is 489 g/mol. The summed E-state index contributed by atoms with van der Waals surface area (Å²) in [6.45, 7) is 0. The molecule has 164 valence electrons. The van der Waals surface area contributed by atoms with Crippen LogP contribution in [0, 0.1) is 0 Å². The van der Waals surface area contributed by atoms with Crippen molar-refractivity contribution in [2.45, 2.75) is 23.9 Å². The molecule has 11 heteroatoms. The zero-order valence-electron chi connectivity index (χ0n) is 15.8. The van der Waals surface area contributed by atoms with Crippen molar-refractivity contribution in [2.24, 2.45) is 4.99 Å².